The van der Waals surface area contributed by atoms with E-state index in [4.69, 9.17) is 0 Å². The van der Waals surface area contributed by atoms with Crippen molar-refractivity contribution < 1.29 is 13.6 Å². The van der Waals surface area contributed by atoms with Crippen molar-refractivity contribution in [3.05, 3.63) is 35.4 Å². The number of benzene rings is 1. The topological polar surface area (TPSA) is 35.6 Å². The minimum Gasteiger partial charge on any atom is -0.347 e. The molecule has 2 rings (SSSR count). The molecule has 1 heterocycles. The number of hydrogen-bond donors (Lipinski definition) is 1. The third-order valence-electron chi connectivity index (χ3n) is 3.39. The van der Waals surface area contributed by atoms with Gasteiger partial charge in [-0.3, -0.25) is 9.69 Å². The van der Waals surface area contributed by atoms with Crippen LogP contribution in [0.25, 0.3) is 0 Å². The van der Waals surface area contributed by atoms with Gasteiger partial charge in [0.05, 0.1) is 0 Å². The monoisotopic (exact) mass is 283 g/mol. The van der Waals surface area contributed by atoms with Crippen molar-refractivity contribution in [2.45, 2.75) is 12.6 Å². The molecule has 1 aromatic carbocycles. The van der Waals surface area contributed by atoms with E-state index in [0.29, 0.717) is 25.2 Å². The van der Waals surface area contributed by atoms with Crippen LogP contribution in [0.2, 0.25) is 0 Å². The smallest absolute Gasteiger partial charge is 0.240 e. The lowest BCUT2D eigenvalue weighted by Gasteiger charge is -2.36. The summed E-state index contributed by atoms with van der Waals surface area (Å²) in [5.74, 6) is -1.19. The molecule has 4 nitrogen and oxygen atoms in total. The molecule has 110 valence electrons. The average Bonchev–Trinajstić information content (AvgIpc) is 2.37. The van der Waals surface area contributed by atoms with E-state index < -0.39 is 11.6 Å². The zero-order valence-electron chi connectivity index (χ0n) is 11.7. The maximum absolute atomic E-state index is 13.2. The van der Waals surface area contributed by atoms with Gasteiger partial charge < -0.3 is 10.2 Å². The van der Waals surface area contributed by atoms with E-state index in [1.807, 2.05) is 4.90 Å². The van der Waals surface area contributed by atoms with Crippen LogP contribution in [-0.4, -0.2) is 55.5 Å². The van der Waals surface area contributed by atoms with Crippen molar-refractivity contribution in [2.75, 3.05) is 33.7 Å². The summed E-state index contributed by atoms with van der Waals surface area (Å²) in [7, 11) is 3.41. The molecule has 0 spiro atoms. The molecule has 6 heteroatoms. The Morgan fingerprint density at radius 2 is 2.00 bits per heavy atom. The molecule has 20 heavy (non-hydrogen) atoms. The van der Waals surface area contributed by atoms with Crippen LogP contribution in [0.1, 0.15) is 5.56 Å². The van der Waals surface area contributed by atoms with Crippen molar-refractivity contribution in [1.29, 1.82) is 0 Å². The highest BCUT2D eigenvalue weighted by atomic mass is 19.1. The number of nitrogens with one attached hydrogen (secondary N) is 1. The number of piperazine rings is 1. The summed E-state index contributed by atoms with van der Waals surface area (Å²) in [5.41, 5.74) is 0.543. The Labute approximate surface area is 117 Å². The Balaban J connectivity index is 2.14. The minimum atomic E-state index is -0.592. The second-order valence-corrected chi connectivity index (χ2v) is 5.20. The van der Waals surface area contributed by atoms with Gasteiger partial charge in [0.25, 0.3) is 0 Å². The van der Waals surface area contributed by atoms with Crippen LogP contribution in [0, 0.1) is 11.6 Å². The number of amides is 1. The van der Waals surface area contributed by atoms with Crippen molar-refractivity contribution in [1.82, 2.24) is 15.1 Å². The van der Waals surface area contributed by atoms with Gasteiger partial charge in [-0.15, -0.1) is 0 Å². The number of halogens is 2. The highest BCUT2D eigenvalue weighted by Gasteiger charge is 2.29. The molecule has 0 aromatic heterocycles. The van der Waals surface area contributed by atoms with E-state index in [1.54, 1.807) is 14.1 Å². The Bertz CT molecular complexity index is 473. The molecule has 1 aliphatic heterocycles. The van der Waals surface area contributed by atoms with Crippen molar-refractivity contribution in [3.8, 4) is 0 Å². The van der Waals surface area contributed by atoms with Gasteiger partial charge in [0.15, 0.2) is 0 Å². The van der Waals surface area contributed by atoms with E-state index in [2.05, 4.69) is 5.32 Å². The van der Waals surface area contributed by atoms with Crippen LogP contribution in [0.15, 0.2) is 18.2 Å². The first-order valence-electron chi connectivity index (χ1n) is 6.58. The van der Waals surface area contributed by atoms with Crippen LogP contribution in [-0.2, 0) is 11.3 Å². The minimum absolute atomic E-state index is 0.00549. The molecule has 1 unspecified atom stereocenters. The van der Waals surface area contributed by atoms with E-state index in [0.717, 1.165) is 12.6 Å². The molecule has 1 atom stereocenters. The Morgan fingerprint density at radius 3 is 2.60 bits per heavy atom. The molecule has 0 aliphatic carbocycles. The quantitative estimate of drug-likeness (QED) is 0.892. The predicted molar refractivity (Wildman–Crippen MR) is 72.1 cm³/mol. The van der Waals surface area contributed by atoms with Gasteiger partial charge in [-0.05, 0) is 17.7 Å². The van der Waals surface area contributed by atoms with Gasteiger partial charge in [-0.2, -0.15) is 0 Å². The fourth-order valence-corrected chi connectivity index (χ4v) is 2.41. The second-order valence-electron chi connectivity index (χ2n) is 5.20. The molecule has 0 bridgehead atoms. The van der Waals surface area contributed by atoms with E-state index in [1.165, 1.54) is 17.0 Å². The second kappa shape index (κ2) is 6.28. The van der Waals surface area contributed by atoms with Crippen LogP contribution in [0.3, 0.4) is 0 Å². The van der Waals surface area contributed by atoms with E-state index in [-0.39, 0.29) is 11.9 Å². The number of carbonyl (C=O) groups excluding carboxylic acids is 1. The van der Waals surface area contributed by atoms with Gasteiger partial charge in [-0.1, -0.05) is 0 Å². The lowest BCUT2D eigenvalue weighted by Crippen LogP contribution is -2.57. The first-order valence-corrected chi connectivity index (χ1v) is 6.58. The molecular weight excluding hydrogens is 264 g/mol. The molecule has 0 radical (unpaired) electrons. The van der Waals surface area contributed by atoms with Crippen LogP contribution < -0.4 is 5.32 Å². The van der Waals surface area contributed by atoms with Crippen LogP contribution in [0.4, 0.5) is 8.78 Å². The molecule has 1 amide bonds. The standard InChI is InChI=1S/C14H19F2N3O/c1-18(2)14(20)13-8-17-3-4-19(13)9-10-5-11(15)7-12(16)6-10/h5-7,13,17H,3-4,8-9H2,1-2H3. The first kappa shape index (κ1) is 14.9. The molecule has 1 saturated heterocycles. The van der Waals surface area contributed by atoms with Crippen LogP contribution >= 0.6 is 0 Å². The van der Waals surface area contributed by atoms with Crippen LogP contribution in [0.5, 0.6) is 0 Å². The zero-order chi connectivity index (χ0) is 14.7. The zero-order valence-corrected chi connectivity index (χ0v) is 11.7. The van der Waals surface area contributed by atoms with Crippen molar-refractivity contribution in [3.63, 3.8) is 0 Å². The number of carbonyl (C=O) groups is 1. The lowest BCUT2D eigenvalue weighted by molar-refractivity contribution is -0.135. The van der Waals surface area contributed by atoms with Crippen molar-refractivity contribution in [2.24, 2.45) is 0 Å². The average molecular weight is 283 g/mol. The molecule has 0 saturated carbocycles. The Morgan fingerprint density at radius 1 is 1.35 bits per heavy atom. The summed E-state index contributed by atoms with van der Waals surface area (Å²) in [6, 6.07) is 3.17. The predicted octanol–water partition coefficient (Wildman–Crippen LogP) is 0.827. The normalized spacial score (nSPS) is 19.9. The van der Waals surface area contributed by atoms with Gasteiger partial charge >= 0.3 is 0 Å². The highest BCUT2D eigenvalue weighted by Crippen LogP contribution is 2.14. The van der Waals surface area contributed by atoms with E-state index in [9.17, 15) is 13.6 Å². The fourth-order valence-electron chi connectivity index (χ4n) is 2.41. The fraction of sp³-hybridized carbons (Fsp3) is 0.500. The Hall–Kier alpha value is -1.53. The summed E-state index contributed by atoms with van der Waals surface area (Å²) < 4.78 is 26.4. The third-order valence-corrected chi connectivity index (χ3v) is 3.39. The summed E-state index contributed by atoms with van der Waals surface area (Å²) in [6.07, 6.45) is 0. The Kier molecular flexibility index (Phi) is 4.67. The lowest BCUT2D eigenvalue weighted by atomic mass is 10.1. The summed E-state index contributed by atoms with van der Waals surface area (Å²) >= 11 is 0. The maximum Gasteiger partial charge on any atom is 0.240 e. The number of rotatable bonds is 3. The van der Waals surface area contributed by atoms with Gasteiger partial charge in [-0.25, -0.2) is 8.78 Å². The maximum atomic E-state index is 13.2. The molecule has 1 fully saturated rings. The molecular formula is C14H19F2N3O. The molecule has 1 N–H and O–H groups in total. The number of hydrogen-bond acceptors (Lipinski definition) is 3. The molecule has 1 aliphatic rings. The van der Waals surface area contributed by atoms with E-state index >= 15 is 0 Å². The van der Waals surface area contributed by atoms with Crippen molar-refractivity contribution >= 4 is 5.91 Å². The summed E-state index contributed by atoms with van der Waals surface area (Å²) in [5, 5.41) is 3.17. The number of likely N-dealkylation sites (N-methyl/N-ethyl adjacent to an activating group) is 1. The summed E-state index contributed by atoms with van der Waals surface area (Å²) in [6.45, 7) is 2.34. The SMILES string of the molecule is CN(C)C(=O)C1CNCCN1Cc1cc(F)cc(F)c1. The van der Waals surface area contributed by atoms with Gasteiger partial charge in [0.2, 0.25) is 5.91 Å². The number of nitrogens with zero attached hydrogens (tertiary/aromatic N) is 2. The summed E-state index contributed by atoms with van der Waals surface area (Å²) in [4.78, 5) is 15.6. The first-order chi connectivity index (χ1) is 9.47. The van der Waals surface area contributed by atoms with Gasteiger partial charge in [0, 0.05) is 46.3 Å². The van der Waals surface area contributed by atoms with Gasteiger partial charge in [0.1, 0.15) is 17.7 Å². The largest absolute Gasteiger partial charge is 0.347 e. The molecule has 1 aromatic rings. The highest BCUT2D eigenvalue weighted by molar-refractivity contribution is 5.81. The third kappa shape index (κ3) is 3.52.